The van der Waals surface area contributed by atoms with Crippen LogP contribution in [-0.4, -0.2) is 21.1 Å². The monoisotopic (exact) mass is 237 g/mol. The van der Waals surface area contributed by atoms with Crippen molar-refractivity contribution in [2.45, 2.75) is 0 Å². The van der Waals surface area contributed by atoms with Crippen LogP contribution in [0.4, 0.5) is 10.9 Å². The molecule has 2 N–H and O–H groups in total. The molecule has 2 aromatic rings. The van der Waals surface area contributed by atoms with E-state index in [4.69, 9.17) is 0 Å². The van der Waals surface area contributed by atoms with Crippen LogP contribution in [0.25, 0.3) is 0 Å². The lowest BCUT2D eigenvalue weighted by Crippen LogP contribution is -1.90. The van der Waals surface area contributed by atoms with Crippen molar-refractivity contribution in [2.75, 3.05) is 5.43 Å². The Morgan fingerprint density at radius 2 is 2.50 bits per heavy atom. The largest absolute Gasteiger partial charge is 0.330 e. The summed E-state index contributed by atoms with van der Waals surface area (Å²) in [5.74, 6) is 0.516. The quantitative estimate of drug-likeness (QED) is 0.481. The zero-order valence-electron chi connectivity index (χ0n) is 7.95. The minimum Gasteiger partial charge on any atom is -0.330 e. The number of thiophene rings is 1. The molecule has 82 valence electrons. The molecule has 0 bridgehead atoms. The van der Waals surface area contributed by atoms with Gasteiger partial charge in [0.1, 0.15) is 0 Å². The maximum Gasteiger partial charge on any atom is 0.324 e. The molecule has 0 spiro atoms. The van der Waals surface area contributed by atoms with Crippen molar-refractivity contribution in [3.63, 3.8) is 0 Å². The van der Waals surface area contributed by atoms with Crippen LogP contribution in [0, 0.1) is 10.1 Å². The Bertz CT molecular complexity index is 504. The number of nitrogens with zero attached hydrogens (tertiary/aromatic N) is 3. The Kier molecular flexibility index (Phi) is 2.92. The molecule has 0 aliphatic rings. The molecule has 0 aliphatic heterocycles. The van der Waals surface area contributed by atoms with Gasteiger partial charge in [-0.3, -0.25) is 10.1 Å². The molecule has 0 fully saturated rings. The summed E-state index contributed by atoms with van der Waals surface area (Å²) in [6.45, 7) is 0. The second-order valence-electron chi connectivity index (χ2n) is 2.74. The number of aromatic nitrogens is 2. The van der Waals surface area contributed by atoms with Crippen molar-refractivity contribution in [3.05, 3.63) is 39.5 Å². The lowest BCUT2D eigenvalue weighted by molar-refractivity contribution is -0.380. The van der Waals surface area contributed by atoms with Gasteiger partial charge in [0.25, 0.3) is 0 Å². The molecule has 2 rings (SSSR count). The molecule has 0 amide bonds. The van der Waals surface area contributed by atoms with Gasteiger partial charge in [0.05, 0.1) is 16.0 Å². The van der Waals surface area contributed by atoms with Crippen LogP contribution in [0.15, 0.2) is 29.6 Å². The molecule has 0 radical (unpaired) electrons. The summed E-state index contributed by atoms with van der Waals surface area (Å²) in [5.41, 5.74) is 2.65. The SMILES string of the molecule is O=[N+]([O-])c1ccc(/C=N/Nc2ncc[nH]2)s1. The summed E-state index contributed by atoms with van der Waals surface area (Å²) >= 11 is 1.06. The van der Waals surface area contributed by atoms with Gasteiger partial charge in [-0.25, -0.2) is 10.4 Å². The molecule has 16 heavy (non-hydrogen) atoms. The minimum absolute atomic E-state index is 0.0967. The third-order valence-electron chi connectivity index (χ3n) is 1.65. The maximum atomic E-state index is 10.4. The van der Waals surface area contributed by atoms with Gasteiger partial charge in [0, 0.05) is 18.5 Å². The van der Waals surface area contributed by atoms with Crippen LogP contribution in [-0.2, 0) is 0 Å². The van der Waals surface area contributed by atoms with Crippen molar-refractivity contribution in [1.82, 2.24) is 9.97 Å². The fraction of sp³-hybridized carbons (Fsp3) is 0. The van der Waals surface area contributed by atoms with Gasteiger partial charge in [0.2, 0.25) is 5.95 Å². The summed E-state index contributed by atoms with van der Waals surface area (Å²) in [7, 11) is 0. The van der Waals surface area contributed by atoms with Crippen molar-refractivity contribution in [3.8, 4) is 0 Å². The van der Waals surface area contributed by atoms with Gasteiger partial charge in [-0.05, 0) is 6.07 Å². The number of hydrogen-bond acceptors (Lipinski definition) is 6. The first-order valence-electron chi connectivity index (χ1n) is 4.28. The lowest BCUT2D eigenvalue weighted by Gasteiger charge is -1.90. The molecular formula is C8H7N5O2S. The number of rotatable bonds is 4. The van der Waals surface area contributed by atoms with E-state index in [0.29, 0.717) is 10.8 Å². The highest BCUT2D eigenvalue weighted by Gasteiger charge is 2.07. The Morgan fingerprint density at radius 1 is 1.62 bits per heavy atom. The Labute approximate surface area is 94.0 Å². The number of nitrogens with one attached hydrogen (secondary N) is 2. The smallest absolute Gasteiger partial charge is 0.324 e. The second kappa shape index (κ2) is 4.53. The average molecular weight is 237 g/mol. The van der Waals surface area contributed by atoms with Crippen LogP contribution in [0.3, 0.4) is 0 Å². The van der Waals surface area contributed by atoms with Crippen molar-refractivity contribution in [2.24, 2.45) is 5.10 Å². The first-order chi connectivity index (χ1) is 7.75. The summed E-state index contributed by atoms with van der Waals surface area (Å²) in [6, 6.07) is 3.08. The highest BCUT2D eigenvalue weighted by atomic mass is 32.1. The number of imidazole rings is 1. The Morgan fingerprint density at radius 3 is 3.12 bits per heavy atom. The summed E-state index contributed by atoms with van der Waals surface area (Å²) in [5, 5.41) is 14.4. The van der Waals surface area contributed by atoms with E-state index in [2.05, 4.69) is 20.5 Å². The summed E-state index contributed by atoms with van der Waals surface area (Å²) in [6.07, 6.45) is 4.75. The Balaban J connectivity index is 1.98. The van der Waals surface area contributed by atoms with E-state index in [-0.39, 0.29) is 5.00 Å². The zero-order chi connectivity index (χ0) is 11.4. The van der Waals surface area contributed by atoms with Crippen LogP contribution < -0.4 is 5.43 Å². The number of aromatic amines is 1. The molecule has 0 aliphatic carbocycles. The topological polar surface area (TPSA) is 96.2 Å². The Hall–Kier alpha value is -2.22. The van der Waals surface area contributed by atoms with E-state index < -0.39 is 4.92 Å². The molecule has 2 heterocycles. The predicted octanol–water partition coefficient (Wildman–Crippen LogP) is 1.83. The van der Waals surface area contributed by atoms with Gasteiger partial charge in [-0.2, -0.15) is 5.10 Å². The fourth-order valence-corrected chi connectivity index (χ4v) is 1.69. The van der Waals surface area contributed by atoms with Crippen LogP contribution in [0.1, 0.15) is 4.88 Å². The third-order valence-corrected chi connectivity index (χ3v) is 2.62. The van der Waals surface area contributed by atoms with E-state index in [0.717, 1.165) is 11.3 Å². The van der Waals surface area contributed by atoms with E-state index in [1.807, 2.05) is 0 Å². The second-order valence-corrected chi connectivity index (χ2v) is 3.83. The molecule has 0 saturated heterocycles. The van der Waals surface area contributed by atoms with Crippen LogP contribution in [0.5, 0.6) is 0 Å². The maximum absolute atomic E-state index is 10.4. The number of anilines is 1. The molecule has 7 nitrogen and oxygen atoms in total. The predicted molar refractivity (Wildman–Crippen MR) is 60.8 cm³/mol. The summed E-state index contributed by atoms with van der Waals surface area (Å²) in [4.78, 5) is 17.4. The first kappa shape index (κ1) is 10.3. The van der Waals surface area contributed by atoms with Crippen molar-refractivity contribution < 1.29 is 4.92 Å². The fourth-order valence-electron chi connectivity index (χ4n) is 0.993. The first-order valence-corrected chi connectivity index (χ1v) is 5.10. The number of nitro groups is 1. The standard InChI is InChI=1S/C8H7N5O2S/c14-13(15)7-2-1-6(16-7)5-11-12-8-9-3-4-10-8/h1-5H,(H2,9,10,12)/b11-5+. The highest BCUT2D eigenvalue weighted by molar-refractivity contribution is 7.16. The van der Waals surface area contributed by atoms with Gasteiger partial charge < -0.3 is 4.98 Å². The van der Waals surface area contributed by atoms with Gasteiger partial charge >= 0.3 is 5.00 Å². The minimum atomic E-state index is -0.429. The molecule has 0 atom stereocenters. The third kappa shape index (κ3) is 2.42. The van der Waals surface area contributed by atoms with Crippen molar-refractivity contribution >= 4 is 28.5 Å². The molecule has 2 aromatic heterocycles. The van der Waals surface area contributed by atoms with Crippen LogP contribution >= 0.6 is 11.3 Å². The number of hydrogen-bond donors (Lipinski definition) is 2. The van der Waals surface area contributed by atoms with E-state index in [1.165, 1.54) is 12.3 Å². The molecule has 8 heteroatoms. The van der Waals surface area contributed by atoms with Gasteiger partial charge in [-0.1, -0.05) is 11.3 Å². The van der Waals surface area contributed by atoms with Crippen LogP contribution in [0.2, 0.25) is 0 Å². The van der Waals surface area contributed by atoms with Crippen molar-refractivity contribution in [1.29, 1.82) is 0 Å². The van der Waals surface area contributed by atoms with Gasteiger partial charge in [0.15, 0.2) is 0 Å². The van der Waals surface area contributed by atoms with E-state index >= 15 is 0 Å². The van der Waals surface area contributed by atoms with Gasteiger partial charge in [-0.15, -0.1) is 0 Å². The lowest BCUT2D eigenvalue weighted by atomic mass is 10.5. The van der Waals surface area contributed by atoms with E-state index in [1.54, 1.807) is 18.5 Å². The molecule has 0 unspecified atom stereocenters. The average Bonchev–Trinajstić information content (AvgIpc) is 2.87. The number of hydrazone groups is 1. The molecule has 0 saturated carbocycles. The molecular weight excluding hydrogens is 230 g/mol. The summed E-state index contributed by atoms with van der Waals surface area (Å²) < 4.78 is 0. The molecule has 0 aromatic carbocycles. The number of H-pyrrole nitrogens is 1. The highest BCUT2D eigenvalue weighted by Crippen LogP contribution is 2.22. The van der Waals surface area contributed by atoms with E-state index in [9.17, 15) is 10.1 Å². The normalized spacial score (nSPS) is 10.8. The zero-order valence-corrected chi connectivity index (χ0v) is 8.77.